The lowest BCUT2D eigenvalue weighted by molar-refractivity contribution is -0.150. The number of allylic oxidation sites excluding steroid dienone is 1. The maximum absolute atomic E-state index is 11.7. The summed E-state index contributed by atoms with van der Waals surface area (Å²) in [5.41, 5.74) is 1.96. The van der Waals surface area contributed by atoms with Crippen molar-refractivity contribution in [2.75, 3.05) is 19.8 Å². The average Bonchev–Trinajstić information content (AvgIpc) is 2.66. The first-order valence-electron chi connectivity index (χ1n) is 8.88. The van der Waals surface area contributed by atoms with Crippen LogP contribution in [0.3, 0.4) is 0 Å². The minimum absolute atomic E-state index is 0.0400. The van der Waals surface area contributed by atoms with Crippen LogP contribution in [0.2, 0.25) is 0 Å². The van der Waals surface area contributed by atoms with Crippen LogP contribution in [0.15, 0.2) is 35.9 Å². The summed E-state index contributed by atoms with van der Waals surface area (Å²) in [6.45, 7) is 1.43. The lowest BCUT2D eigenvalue weighted by Gasteiger charge is -2.13. The fourth-order valence-corrected chi connectivity index (χ4v) is 2.66. The second-order valence-electron chi connectivity index (χ2n) is 6.24. The van der Waals surface area contributed by atoms with Crippen LogP contribution in [0, 0.1) is 0 Å². The van der Waals surface area contributed by atoms with E-state index in [-0.39, 0.29) is 24.9 Å². The van der Waals surface area contributed by atoms with Crippen LogP contribution in [-0.2, 0) is 14.3 Å². The van der Waals surface area contributed by atoms with Crippen molar-refractivity contribution in [2.24, 2.45) is 0 Å². The third-order valence-corrected chi connectivity index (χ3v) is 4.14. The number of carbonyl (C=O) groups excluding carboxylic acids is 3. The molecule has 1 N–H and O–H groups in total. The Kier molecular flexibility index (Phi) is 7.86. The van der Waals surface area contributed by atoms with Crippen LogP contribution in [-0.4, -0.2) is 37.4 Å². The number of ether oxygens (including phenoxy) is 2. The van der Waals surface area contributed by atoms with Gasteiger partial charge in [0.15, 0.2) is 19.0 Å². The second-order valence-corrected chi connectivity index (χ2v) is 6.24. The number of rotatable bonds is 9. The topological polar surface area (TPSA) is 81.7 Å². The number of benzene rings is 1. The molecule has 0 heterocycles. The van der Waals surface area contributed by atoms with Crippen molar-refractivity contribution in [1.29, 1.82) is 0 Å². The summed E-state index contributed by atoms with van der Waals surface area (Å²) >= 11 is 0. The Morgan fingerprint density at radius 3 is 2.50 bits per heavy atom. The molecule has 26 heavy (non-hydrogen) atoms. The summed E-state index contributed by atoms with van der Waals surface area (Å²) in [6, 6.07) is 6.46. The van der Waals surface area contributed by atoms with Gasteiger partial charge in [0.25, 0.3) is 5.91 Å². The van der Waals surface area contributed by atoms with Gasteiger partial charge in [0, 0.05) is 12.1 Å². The van der Waals surface area contributed by atoms with E-state index in [1.807, 2.05) is 0 Å². The number of nitrogens with one attached hydrogen (secondary N) is 1. The maximum Gasteiger partial charge on any atom is 0.344 e. The molecule has 0 unspecified atom stereocenters. The van der Waals surface area contributed by atoms with E-state index in [0.29, 0.717) is 17.9 Å². The molecule has 2 rings (SSSR count). The van der Waals surface area contributed by atoms with Gasteiger partial charge < -0.3 is 14.8 Å². The number of amides is 1. The standard InChI is InChI=1S/C20H25NO5/c1-15(22)17-7-9-18(10-8-17)25-14-20(24)26-13-19(23)21-12-11-16-5-3-2-4-6-16/h5,7-10H,2-4,6,11-14H2,1H3,(H,21,23). The van der Waals surface area contributed by atoms with Gasteiger partial charge in [-0.25, -0.2) is 4.79 Å². The zero-order valence-corrected chi connectivity index (χ0v) is 15.1. The fraction of sp³-hybridized carbons (Fsp3) is 0.450. The molecule has 1 aliphatic rings. The SMILES string of the molecule is CC(=O)c1ccc(OCC(=O)OCC(=O)NCCC2=CCCCC2)cc1. The van der Waals surface area contributed by atoms with Crippen LogP contribution in [0.4, 0.5) is 0 Å². The van der Waals surface area contributed by atoms with E-state index in [1.54, 1.807) is 24.3 Å². The summed E-state index contributed by atoms with van der Waals surface area (Å²) < 4.78 is 10.2. The molecule has 6 heteroatoms. The van der Waals surface area contributed by atoms with Crippen LogP contribution in [0.1, 0.15) is 49.4 Å². The first-order valence-corrected chi connectivity index (χ1v) is 8.88. The molecule has 1 amide bonds. The van der Waals surface area contributed by atoms with Crippen molar-refractivity contribution in [1.82, 2.24) is 5.32 Å². The molecule has 0 saturated heterocycles. The normalized spacial score (nSPS) is 13.5. The number of hydrogen-bond acceptors (Lipinski definition) is 5. The van der Waals surface area contributed by atoms with E-state index >= 15 is 0 Å². The van der Waals surface area contributed by atoms with Crippen molar-refractivity contribution in [3.05, 3.63) is 41.5 Å². The van der Waals surface area contributed by atoms with E-state index in [2.05, 4.69) is 11.4 Å². The molecule has 0 fully saturated rings. The Balaban J connectivity index is 1.59. The molecule has 0 radical (unpaired) electrons. The highest BCUT2D eigenvalue weighted by molar-refractivity contribution is 5.94. The minimum atomic E-state index is -0.620. The molecule has 0 saturated carbocycles. The summed E-state index contributed by atoms with van der Waals surface area (Å²) in [7, 11) is 0. The van der Waals surface area contributed by atoms with Crippen molar-refractivity contribution in [3.8, 4) is 5.75 Å². The predicted octanol–water partition coefficient (Wildman–Crippen LogP) is 2.82. The van der Waals surface area contributed by atoms with Gasteiger partial charge in [-0.3, -0.25) is 9.59 Å². The zero-order chi connectivity index (χ0) is 18.8. The summed E-state index contributed by atoms with van der Waals surface area (Å²) in [6.07, 6.45) is 7.78. The monoisotopic (exact) mass is 359 g/mol. The lowest BCUT2D eigenvalue weighted by Crippen LogP contribution is -2.30. The molecule has 6 nitrogen and oxygen atoms in total. The summed E-state index contributed by atoms with van der Waals surface area (Å²) in [4.78, 5) is 34.5. The van der Waals surface area contributed by atoms with Crippen LogP contribution < -0.4 is 10.1 Å². The number of hydrogen-bond donors (Lipinski definition) is 1. The molecular formula is C20H25NO5. The number of ketones is 1. The number of carbonyl (C=O) groups is 3. The van der Waals surface area contributed by atoms with Gasteiger partial charge in [-0.05, 0) is 63.3 Å². The highest BCUT2D eigenvalue weighted by Gasteiger charge is 2.09. The first kappa shape index (κ1) is 19.7. The Bertz CT molecular complexity index is 663. The third-order valence-electron chi connectivity index (χ3n) is 4.14. The quantitative estimate of drug-likeness (QED) is 0.416. The fourth-order valence-electron chi connectivity index (χ4n) is 2.66. The highest BCUT2D eigenvalue weighted by atomic mass is 16.6. The van der Waals surface area contributed by atoms with E-state index in [9.17, 15) is 14.4 Å². The van der Waals surface area contributed by atoms with Crippen molar-refractivity contribution in [2.45, 2.75) is 39.0 Å². The van der Waals surface area contributed by atoms with Crippen molar-refractivity contribution >= 4 is 17.7 Å². The molecule has 1 aromatic rings. The zero-order valence-electron chi connectivity index (χ0n) is 15.1. The van der Waals surface area contributed by atoms with Gasteiger partial charge >= 0.3 is 5.97 Å². The second kappa shape index (κ2) is 10.4. The number of esters is 1. The molecule has 0 bridgehead atoms. The van der Waals surface area contributed by atoms with E-state index < -0.39 is 5.97 Å². The molecular weight excluding hydrogens is 334 g/mol. The van der Waals surface area contributed by atoms with Gasteiger partial charge in [0.1, 0.15) is 5.75 Å². The van der Waals surface area contributed by atoms with Crippen molar-refractivity contribution in [3.63, 3.8) is 0 Å². The Morgan fingerprint density at radius 1 is 1.08 bits per heavy atom. The molecule has 0 spiro atoms. The van der Waals surface area contributed by atoms with E-state index in [0.717, 1.165) is 19.3 Å². The van der Waals surface area contributed by atoms with Gasteiger partial charge in [0.2, 0.25) is 0 Å². The van der Waals surface area contributed by atoms with Crippen LogP contribution >= 0.6 is 0 Å². The predicted molar refractivity (Wildman–Crippen MR) is 97.1 cm³/mol. The Labute approximate surface area is 153 Å². The molecule has 0 aliphatic heterocycles. The maximum atomic E-state index is 11.7. The Morgan fingerprint density at radius 2 is 1.85 bits per heavy atom. The Hall–Kier alpha value is -2.63. The van der Waals surface area contributed by atoms with Gasteiger partial charge in [-0.2, -0.15) is 0 Å². The van der Waals surface area contributed by atoms with Crippen LogP contribution in [0.25, 0.3) is 0 Å². The summed E-state index contributed by atoms with van der Waals surface area (Å²) in [5.74, 6) is -0.523. The smallest absolute Gasteiger partial charge is 0.344 e. The molecule has 140 valence electrons. The molecule has 0 atom stereocenters. The van der Waals surface area contributed by atoms with Gasteiger partial charge in [-0.1, -0.05) is 11.6 Å². The van der Waals surface area contributed by atoms with Crippen LogP contribution in [0.5, 0.6) is 5.75 Å². The lowest BCUT2D eigenvalue weighted by atomic mass is 9.97. The average molecular weight is 359 g/mol. The largest absolute Gasteiger partial charge is 0.482 e. The third kappa shape index (κ3) is 7.09. The summed E-state index contributed by atoms with van der Waals surface area (Å²) in [5, 5.41) is 2.75. The first-order chi connectivity index (χ1) is 12.5. The molecule has 1 aliphatic carbocycles. The van der Waals surface area contributed by atoms with Crippen molar-refractivity contribution < 1.29 is 23.9 Å². The van der Waals surface area contributed by atoms with Gasteiger partial charge in [0.05, 0.1) is 0 Å². The minimum Gasteiger partial charge on any atom is -0.482 e. The molecule has 1 aromatic carbocycles. The van der Waals surface area contributed by atoms with E-state index in [4.69, 9.17) is 9.47 Å². The number of Topliss-reactive ketones (excluding diaryl/α,β-unsaturated/α-hetero) is 1. The molecule has 0 aromatic heterocycles. The van der Waals surface area contributed by atoms with E-state index in [1.165, 1.54) is 25.3 Å². The highest BCUT2D eigenvalue weighted by Crippen LogP contribution is 2.19. The van der Waals surface area contributed by atoms with Gasteiger partial charge in [-0.15, -0.1) is 0 Å².